The molecule has 0 aromatic heterocycles. The molecule has 0 bridgehead atoms. The molecular formula is C20H23N5O5. The van der Waals surface area contributed by atoms with Gasteiger partial charge in [0.15, 0.2) is 5.78 Å². The number of carbonyl (C=O) groups is 3. The summed E-state index contributed by atoms with van der Waals surface area (Å²) in [5.41, 5.74) is 17.3. The lowest BCUT2D eigenvalue weighted by Crippen LogP contribution is -2.38. The number of carbonyl (C=O) groups excluding carboxylic acids is 3. The van der Waals surface area contributed by atoms with Crippen molar-refractivity contribution in [3.63, 3.8) is 0 Å². The third-order valence-electron chi connectivity index (χ3n) is 4.41. The highest BCUT2D eigenvalue weighted by atomic mass is 16.6. The van der Waals surface area contributed by atoms with Crippen LogP contribution < -0.4 is 22.5 Å². The zero-order chi connectivity index (χ0) is 22.3. The Hall–Kier alpha value is -3.63. The summed E-state index contributed by atoms with van der Waals surface area (Å²) < 4.78 is 0. The molecule has 0 saturated carbocycles. The van der Waals surface area contributed by atoms with Crippen LogP contribution in [0.1, 0.15) is 28.8 Å². The number of non-ortho nitro benzene ring substituents is 1. The van der Waals surface area contributed by atoms with Gasteiger partial charge in [-0.15, -0.1) is 0 Å². The predicted molar refractivity (Wildman–Crippen MR) is 111 cm³/mol. The molecule has 0 saturated heterocycles. The summed E-state index contributed by atoms with van der Waals surface area (Å²) >= 11 is 0. The molecule has 0 spiro atoms. The number of nitro groups is 1. The first-order chi connectivity index (χ1) is 14.2. The van der Waals surface area contributed by atoms with Gasteiger partial charge in [-0.25, -0.2) is 0 Å². The van der Waals surface area contributed by atoms with Gasteiger partial charge in [0, 0.05) is 24.1 Å². The summed E-state index contributed by atoms with van der Waals surface area (Å²) in [5.74, 6) is -1.85. The van der Waals surface area contributed by atoms with Crippen molar-refractivity contribution in [1.29, 1.82) is 0 Å². The Kier molecular flexibility index (Phi) is 7.73. The van der Waals surface area contributed by atoms with Crippen molar-refractivity contribution in [2.75, 3.05) is 5.32 Å². The van der Waals surface area contributed by atoms with E-state index in [4.69, 9.17) is 17.2 Å². The van der Waals surface area contributed by atoms with Gasteiger partial charge in [0.05, 0.1) is 22.7 Å². The first kappa shape index (κ1) is 22.7. The first-order valence-electron chi connectivity index (χ1n) is 9.16. The molecule has 0 unspecified atom stereocenters. The van der Waals surface area contributed by atoms with E-state index in [0.717, 1.165) is 17.7 Å². The molecular weight excluding hydrogens is 390 g/mol. The smallest absolute Gasteiger partial charge is 0.270 e. The second kappa shape index (κ2) is 10.2. The van der Waals surface area contributed by atoms with Gasteiger partial charge < -0.3 is 22.5 Å². The molecule has 10 nitrogen and oxygen atoms in total. The SMILES string of the molecule is NC(=O)CC[C@H](N)C(=O)c1cc([N+](=O)[O-])ccc1NC(=O)[C@@H](N)Cc1ccccc1. The van der Waals surface area contributed by atoms with Crippen molar-refractivity contribution in [1.82, 2.24) is 0 Å². The van der Waals surface area contributed by atoms with Crippen LogP contribution in [0.4, 0.5) is 11.4 Å². The molecule has 30 heavy (non-hydrogen) atoms. The van der Waals surface area contributed by atoms with E-state index in [2.05, 4.69) is 5.32 Å². The number of nitro benzene ring substituents is 1. The largest absolute Gasteiger partial charge is 0.370 e. The molecule has 7 N–H and O–H groups in total. The molecule has 0 aliphatic rings. The van der Waals surface area contributed by atoms with Crippen LogP contribution in [0, 0.1) is 10.1 Å². The Morgan fingerprint density at radius 2 is 1.70 bits per heavy atom. The highest BCUT2D eigenvalue weighted by Crippen LogP contribution is 2.24. The van der Waals surface area contributed by atoms with Crippen LogP contribution in [0.2, 0.25) is 0 Å². The van der Waals surface area contributed by atoms with Crippen molar-refractivity contribution in [3.8, 4) is 0 Å². The Morgan fingerprint density at radius 1 is 1.03 bits per heavy atom. The van der Waals surface area contributed by atoms with E-state index in [1.807, 2.05) is 30.3 Å². The fraction of sp³-hybridized carbons (Fsp3) is 0.250. The predicted octanol–water partition coefficient (Wildman–Crippen LogP) is 0.879. The van der Waals surface area contributed by atoms with Crippen LogP contribution in [0.3, 0.4) is 0 Å². The number of hydrogen-bond donors (Lipinski definition) is 4. The standard InChI is InChI=1S/C20H23N5O5/c21-15(7-9-18(23)26)19(27)14-11-13(25(29)30)6-8-17(14)24-20(28)16(22)10-12-4-2-1-3-5-12/h1-6,8,11,15-16H,7,9-10,21-22H2,(H2,23,26)(H,24,28)/t15-,16-/m0/s1. The summed E-state index contributed by atoms with van der Waals surface area (Å²) in [7, 11) is 0. The summed E-state index contributed by atoms with van der Waals surface area (Å²) in [4.78, 5) is 46.6. The highest BCUT2D eigenvalue weighted by Gasteiger charge is 2.24. The van der Waals surface area contributed by atoms with Crippen LogP contribution in [0.5, 0.6) is 0 Å². The summed E-state index contributed by atoms with van der Waals surface area (Å²) in [6.45, 7) is 0. The number of nitrogens with two attached hydrogens (primary N) is 3. The van der Waals surface area contributed by atoms with Crippen LogP contribution >= 0.6 is 0 Å². The average molecular weight is 413 g/mol. The molecule has 0 heterocycles. The van der Waals surface area contributed by atoms with E-state index in [-0.39, 0.29) is 36.2 Å². The molecule has 158 valence electrons. The van der Waals surface area contributed by atoms with Crippen molar-refractivity contribution < 1.29 is 19.3 Å². The maximum Gasteiger partial charge on any atom is 0.270 e. The van der Waals surface area contributed by atoms with Gasteiger partial charge in [0.1, 0.15) is 0 Å². The van der Waals surface area contributed by atoms with Gasteiger partial charge in [-0.2, -0.15) is 0 Å². The van der Waals surface area contributed by atoms with Crippen LogP contribution in [0.25, 0.3) is 0 Å². The third-order valence-corrected chi connectivity index (χ3v) is 4.41. The third kappa shape index (κ3) is 6.19. The number of hydrogen-bond acceptors (Lipinski definition) is 7. The number of ketones is 1. The molecule has 2 atom stereocenters. The zero-order valence-corrected chi connectivity index (χ0v) is 16.1. The topological polar surface area (TPSA) is 184 Å². The molecule has 2 aromatic carbocycles. The number of anilines is 1. The lowest BCUT2D eigenvalue weighted by atomic mass is 9.98. The van der Waals surface area contributed by atoms with Crippen molar-refractivity contribution in [3.05, 3.63) is 69.8 Å². The van der Waals surface area contributed by atoms with Crippen molar-refractivity contribution in [2.45, 2.75) is 31.3 Å². The van der Waals surface area contributed by atoms with Gasteiger partial charge >= 0.3 is 0 Å². The summed E-state index contributed by atoms with van der Waals surface area (Å²) in [6, 6.07) is 10.5. The number of nitrogens with one attached hydrogen (secondary N) is 1. The molecule has 2 aromatic rings. The van der Waals surface area contributed by atoms with Crippen LogP contribution in [-0.2, 0) is 16.0 Å². The van der Waals surface area contributed by atoms with Crippen molar-refractivity contribution >= 4 is 29.0 Å². The number of benzene rings is 2. The van der Waals surface area contributed by atoms with E-state index < -0.39 is 34.6 Å². The van der Waals surface area contributed by atoms with Crippen molar-refractivity contribution in [2.24, 2.45) is 17.2 Å². The molecule has 0 aliphatic heterocycles. The summed E-state index contributed by atoms with van der Waals surface area (Å²) in [6.07, 6.45) is 0.115. The van der Waals surface area contributed by atoms with Gasteiger partial charge in [-0.3, -0.25) is 24.5 Å². The number of rotatable bonds is 10. The van der Waals surface area contributed by atoms with E-state index in [1.54, 1.807) is 0 Å². The van der Waals surface area contributed by atoms with E-state index in [9.17, 15) is 24.5 Å². The molecule has 10 heteroatoms. The molecule has 2 amide bonds. The molecule has 0 fully saturated rings. The quantitative estimate of drug-likeness (QED) is 0.253. The molecule has 0 radical (unpaired) electrons. The fourth-order valence-electron chi connectivity index (χ4n) is 2.77. The van der Waals surface area contributed by atoms with Gasteiger partial charge in [0.25, 0.3) is 5.69 Å². The lowest BCUT2D eigenvalue weighted by molar-refractivity contribution is -0.384. The fourth-order valence-corrected chi connectivity index (χ4v) is 2.77. The van der Waals surface area contributed by atoms with E-state index >= 15 is 0 Å². The Morgan fingerprint density at radius 3 is 2.30 bits per heavy atom. The normalized spacial score (nSPS) is 12.6. The minimum absolute atomic E-state index is 0.0300. The Balaban J connectivity index is 2.23. The monoisotopic (exact) mass is 413 g/mol. The first-order valence-corrected chi connectivity index (χ1v) is 9.16. The molecule has 2 rings (SSSR count). The van der Waals surface area contributed by atoms with Gasteiger partial charge in [0.2, 0.25) is 11.8 Å². The average Bonchev–Trinajstić information content (AvgIpc) is 2.72. The Bertz CT molecular complexity index is 948. The molecule has 0 aliphatic carbocycles. The Labute approximate surface area is 172 Å². The highest BCUT2D eigenvalue weighted by molar-refractivity contribution is 6.08. The van der Waals surface area contributed by atoms with E-state index in [1.165, 1.54) is 6.07 Å². The van der Waals surface area contributed by atoms with Crippen LogP contribution in [-0.4, -0.2) is 34.6 Å². The van der Waals surface area contributed by atoms with Gasteiger partial charge in [-0.1, -0.05) is 30.3 Å². The minimum Gasteiger partial charge on any atom is -0.370 e. The minimum atomic E-state index is -1.12. The number of Topliss-reactive ketones (excluding diaryl/α,β-unsaturated/α-hetero) is 1. The van der Waals surface area contributed by atoms with E-state index in [0.29, 0.717) is 0 Å². The van der Waals surface area contributed by atoms with Crippen LogP contribution in [0.15, 0.2) is 48.5 Å². The number of nitrogens with zero attached hydrogens (tertiary/aromatic N) is 1. The number of amides is 2. The zero-order valence-electron chi connectivity index (χ0n) is 16.1. The van der Waals surface area contributed by atoms with Gasteiger partial charge in [-0.05, 0) is 24.5 Å². The number of primary amides is 1. The summed E-state index contributed by atoms with van der Waals surface area (Å²) in [5, 5.41) is 13.6. The maximum atomic E-state index is 12.7. The maximum absolute atomic E-state index is 12.7. The lowest BCUT2D eigenvalue weighted by Gasteiger charge is -2.16. The second-order valence-corrected chi connectivity index (χ2v) is 6.75. The second-order valence-electron chi connectivity index (χ2n) is 6.75.